The van der Waals surface area contributed by atoms with Gasteiger partial charge in [0.05, 0.1) is 22.1 Å². The maximum Gasteiger partial charge on any atom is 0.164 e. The minimum absolute atomic E-state index is 0.231. The van der Waals surface area contributed by atoms with Gasteiger partial charge < -0.3 is 13.6 Å². The lowest BCUT2D eigenvalue weighted by molar-refractivity contribution is 0.663. The summed E-state index contributed by atoms with van der Waals surface area (Å²) in [6, 6.07) is 104. The Morgan fingerprint density at radius 3 is 1.37 bits per heavy atom. The summed E-state index contributed by atoms with van der Waals surface area (Å²) in [7, 11) is 0. The van der Waals surface area contributed by atoms with Crippen LogP contribution in [-0.2, 0) is 10.8 Å². The van der Waals surface area contributed by atoms with Gasteiger partial charge in [0.2, 0.25) is 0 Å². The first-order valence-electron chi connectivity index (χ1n) is 33.8. The molecule has 0 atom stereocenters. The van der Waals surface area contributed by atoms with Crippen LogP contribution in [0.4, 0.5) is 0 Å². The van der Waals surface area contributed by atoms with E-state index in [0.717, 1.165) is 94.2 Å². The number of aromatic nitrogens is 8. The summed E-state index contributed by atoms with van der Waals surface area (Å²) in [5, 5.41) is 6.91. The van der Waals surface area contributed by atoms with Crippen LogP contribution in [0, 0.1) is 0 Å². The van der Waals surface area contributed by atoms with Gasteiger partial charge in [0.25, 0.3) is 0 Å². The van der Waals surface area contributed by atoms with Gasteiger partial charge in [0.15, 0.2) is 34.9 Å². The molecule has 0 radical (unpaired) electrons. The lowest BCUT2D eigenvalue weighted by atomic mass is 9.80. The van der Waals surface area contributed by atoms with E-state index in [4.69, 9.17) is 34.3 Å². The summed E-state index contributed by atoms with van der Waals surface area (Å²) in [6.45, 7) is 9.51. The third-order valence-corrected chi connectivity index (χ3v) is 21.0. The van der Waals surface area contributed by atoms with Crippen molar-refractivity contribution in [3.63, 3.8) is 0 Å². The van der Waals surface area contributed by atoms with Crippen LogP contribution in [0.1, 0.15) is 49.9 Å². The molecule has 0 N–H and O–H groups in total. The molecule has 0 saturated heterocycles. The van der Waals surface area contributed by atoms with Crippen LogP contribution >= 0.6 is 0 Å². The molecule has 0 saturated carbocycles. The molecule has 0 spiro atoms. The number of fused-ring (bicyclic) bond motifs is 17. The summed E-state index contributed by atoms with van der Waals surface area (Å²) in [4.78, 5) is 31.6. The van der Waals surface area contributed by atoms with Gasteiger partial charge in [-0.25, -0.2) is 29.9 Å². The third-order valence-electron chi connectivity index (χ3n) is 21.0. The van der Waals surface area contributed by atoms with Gasteiger partial charge in [-0.05, 0) is 134 Å². The SMILES string of the molecule is CC1(C)c2ccccc2-c2ccc3c4ccccc4n(-c4cccc(-c5nc(-c6ccccc6)nc(-c6cccc(-c7cc8c9ccccc9n(-c9ccc(-c%10nc(-c%11ccccc%11)nc(-c%11ccc%12c(c%11)oc%11ccccc%11%12)n%10)cc9)c8c8c7-c7ccccc7C8(C)C)c6)n5)c4)c3c21. The molecule has 20 rings (SSSR count). The van der Waals surface area contributed by atoms with Gasteiger partial charge in [-0.2, -0.15) is 0 Å². The molecule has 0 bridgehead atoms. The second-order valence-electron chi connectivity index (χ2n) is 27.3. The first kappa shape index (κ1) is 56.6. The molecule has 0 fully saturated rings. The molecule has 2 aliphatic carbocycles. The molecule has 466 valence electrons. The number of hydrogen-bond donors (Lipinski definition) is 0. The molecule has 0 aliphatic heterocycles. The molecule has 13 aromatic carbocycles. The topological polar surface area (TPSA) is 100 Å². The second kappa shape index (κ2) is 21.4. The average Bonchev–Trinajstić information content (AvgIpc) is 1.54. The smallest absolute Gasteiger partial charge is 0.164 e. The van der Waals surface area contributed by atoms with E-state index < -0.39 is 5.41 Å². The fourth-order valence-corrected chi connectivity index (χ4v) is 16.4. The fraction of sp³-hybridized carbons (Fsp3) is 0.0667. The molecular weight excluding hydrogens is 1210 g/mol. The Hall–Kier alpha value is -12.7. The Morgan fingerprint density at radius 1 is 0.263 bits per heavy atom. The Kier molecular flexibility index (Phi) is 12.2. The van der Waals surface area contributed by atoms with Crippen molar-refractivity contribution >= 4 is 65.6 Å². The van der Waals surface area contributed by atoms with Crippen LogP contribution in [-0.4, -0.2) is 39.0 Å². The predicted octanol–water partition coefficient (Wildman–Crippen LogP) is 22.4. The van der Waals surface area contributed by atoms with Crippen LogP contribution in [0.2, 0.25) is 0 Å². The molecule has 2 aliphatic rings. The number of benzene rings is 13. The van der Waals surface area contributed by atoms with Gasteiger partial charge in [-0.3, -0.25) is 0 Å². The molecule has 9 nitrogen and oxygen atoms in total. The Balaban J connectivity index is 0.727. The zero-order valence-corrected chi connectivity index (χ0v) is 54.7. The van der Waals surface area contributed by atoms with E-state index in [1.807, 2.05) is 72.8 Å². The van der Waals surface area contributed by atoms with Crippen molar-refractivity contribution in [2.45, 2.75) is 38.5 Å². The van der Waals surface area contributed by atoms with Crippen molar-refractivity contribution in [3.05, 3.63) is 313 Å². The molecule has 9 heteroatoms. The van der Waals surface area contributed by atoms with Gasteiger partial charge in [-0.15, -0.1) is 0 Å². The van der Waals surface area contributed by atoms with Crippen LogP contribution in [0.25, 0.3) is 179 Å². The Morgan fingerprint density at radius 2 is 0.707 bits per heavy atom. The average molecular weight is 1270 g/mol. The maximum absolute atomic E-state index is 6.36. The molecule has 99 heavy (non-hydrogen) atoms. The molecule has 18 aromatic rings. The molecule has 5 aromatic heterocycles. The standard InChI is InChI=1S/C90H60N8O/c1-89(2)72-36-16-11-31-62(72)67-47-48-68-63-32-13-18-38-74(63)98(81(68)79(67)89)61-30-22-29-58(50-61)87-93-84(54-25-9-6-10-26-54)92-86(96-87)57-28-21-27-56(49-57)70-52-71-64-33-14-19-39-75(64)97(82(71)80-78(70)69-35-12-17-37-73(69)90(80,3)4)60-44-41-55(42-45-60)85-91-83(53-23-7-5-8-24-53)94-88(95-85)59-43-46-66-65-34-15-20-40-76(65)99-77(66)51-59/h5-52H,1-4H3. The summed E-state index contributed by atoms with van der Waals surface area (Å²) in [6.07, 6.45) is 0. The maximum atomic E-state index is 6.36. The summed E-state index contributed by atoms with van der Waals surface area (Å²) < 4.78 is 11.3. The quantitative estimate of drug-likeness (QED) is 0.142. The predicted molar refractivity (Wildman–Crippen MR) is 402 cm³/mol. The zero-order valence-electron chi connectivity index (χ0n) is 54.7. The summed E-state index contributed by atoms with van der Waals surface area (Å²) >= 11 is 0. The first-order valence-corrected chi connectivity index (χ1v) is 33.8. The lowest BCUT2D eigenvalue weighted by Gasteiger charge is -2.24. The van der Waals surface area contributed by atoms with Crippen molar-refractivity contribution < 1.29 is 4.42 Å². The van der Waals surface area contributed by atoms with E-state index in [2.05, 4.69) is 255 Å². The van der Waals surface area contributed by atoms with E-state index in [9.17, 15) is 0 Å². The number of hydrogen-bond acceptors (Lipinski definition) is 7. The van der Waals surface area contributed by atoms with Crippen molar-refractivity contribution in [3.8, 4) is 113 Å². The Bertz CT molecular complexity index is 6410. The number of furan rings is 1. The van der Waals surface area contributed by atoms with E-state index in [1.54, 1.807) is 0 Å². The highest BCUT2D eigenvalue weighted by molar-refractivity contribution is 6.17. The minimum Gasteiger partial charge on any atom is -0.456 e. The van der Waals surface area contributed by atoms with Crippen LogP contribution in [0.5, 0.6) is 0 Å². The third kappa shape index (κ3) is 8.60. The van der Waals surface area contributed by atoms with Crippen molar-refractivity contribution in [1.29, 1.82) is 0 Å². The van der Waals surface area contributed by atoms with E-state index in [-0.39, 0.29) is 5.41 Å². The van der Waals surface area contributed by atoms with Crippen molar-refractivity contribution in [2.75, 3.05) is 0 Å². The second-order valence-corrected chi connectivity index (χ2v) is 27.3. The number of nitrogens with zero attached hydrogens (tertiary/aromatic N) is 8. The monoisotopic (exact) mass is 1270 g/mol. The normalized spacial score (nSPS) is 13.4. The Labute approximate surface area is 570 Å². The van der Waals surface area contributed by atoms with E-state index in [0.29, 0.717) is 34.9 Å². The molecule has 5 heterocycles. The summed E-state index contributed by atoms with van der Waals surface area (Å²) in [5.41, 5.74) is 25.5. The van der Waals surface area contributed by atoms with E-state index in [1.165, 1.54) is 71.7 Å². The van der Waals surface area contributed by atoms with Gasteiger partial charge in [0.1, 0.15) is 11.2 Å². The highest BCUT2D eigenvalue weighted by Crippen LogP contribution is 2.57. The van der Waals surface area contributed by atoms with Gasteiger partial charge in [0, 0.05) is 87.9 Å². The van der Waals surface area contributed by atoms with Crippen LogP contribution < -0.4 is 0 Å². The van der Waals surface area contributed by atoms with E-state index >= 15 is 0 Å². The van der Waals surface area contributed by atoms with Gasteiger partial charge in [-0.1, -0.05) is 240 Å². The number of rotatable bonds is 9. The largest absolute Gasteiger partial charge is 0.456 e. The highest BCUT2D eigenvalue weighted by Gasteiger charge is 2.41. The summed E-state index contributed by atoms with van der Waals surface area (Å²) in [5.74, 6) is 3.53. The highest BCUT2D eigenvalue weighted by atomic mass is 16.3. The number of para-hydroxylation sites is 3. The lowest BCUT2D eigenvalue weighted by Crippen LogP contribution is -2.16. The fourth-order valence-electron chi connectivity index (χ4n) is 16.4. The van der Waals surface area contributed by atoms with Crippen LogP contribution in [0.3, 0.4) is 0 Å². The zero-order chi connectivity index (χ0) is 65.8. The van der Waals surface area contributed by atoms with Crippen molar-refractivity contribution in [1.82, 2.24) is 39.0 Å². The molecule has 0 amide bonds. The van der Waals surface area contributed by atoms with Crippen LogP contribution in [0.15, 0.2) is 296 Å². The molecular formula is C90H60N8O. The molecule has 0 unspecified atom stereocenters. The minimum atomic E-state index is -0.396. The van der Waals surface area contributed by atoms with Gasteiger partial charge >= 0.3 is 0 Å². The van der Waals surface area contributed by atoms with Crippen molar-refractivity contribution in [2.24, 2.45) is 0 Å². The first-order chi connectivity index (χ1) is 48.6.